The number of rotatable bonds is 8. The lowest BCUT2D eigenvalue weighted by Crippen LogP contribution is -2.30. The fourth-order valence-electron chi connectivity index (χ4n) is 3.45. The fourth-order valence-corrected chi connectivity index (χ4v) is 5.60. The highest BCUT2D eigenvalue weighted by molar-refractivity contribution is 7.99. The Morgan fingerprint density at radius 2 is 2.03 bits per heavy atom. The number of anilines is 1. The zero-order valence-electron chi connectivity index (χ0n) is 17.2. The molecule has 1 N–H and O–H groups in total. The first-order valence-electron chi connectivity index (χ1n) is 9.96. The maximum absolute atomic E-state index is 12.5. The number of esters is 1. The first-order chi connectivity index (χ1) is 14.0. The van der Waals surface area contributed by atoms with Crippen LogP contribution < -0.4 is 5.32 Å². The van der Waals surface area contributed by atoms with Gasteiger partial charge in [-0.1, -0.05) is 24.6 Å². The molecule has 0 atom stereocenters. The topological polar surface area (TPSA) is 58.6 Å². The summed E-state index contributed by atoms with van der Waals surface area (Å²) in [7, 11) is 1.39. The molecule has 0 saturated carbocycles. The molecule has 0 unspecified atom stereocenters. The van der Waals surface area contributed by atoms with Crippen molar-refractivity contribution in [3.63, 3.8) is 0 Å². The van der Waals surface area contributed by atoms with Gasteiger partial charge in [-0.25, -0.2) is 4.79 Å². The van der Waals surface area contributed by atoms with Crippen molar-refractivity contribution in [1.29, 1.82) is 0 Å². The lowest BCUT2D eigenvalue weighted by Gasteiger charge is -2.26. The summed E-state index contributed by atoms with van der Waals surface area (Å²) in [6.45, 7) is 7.04. The van der Waals surface area contributed by atoms with E-state index in [1.807, 2.05) is 0 Å². The number of hydrogen-bond donors (Lipinski definition) is 1. The second kappa shape index (κ2) is 10.3. The van der Waals surface area contributed by atoms with E-state index >= 15 is 0 Å². The molecular weight excluding hydrogens is 404 g/mol. The molecule has 0 spiro atoms. The molecule has 2 heterocycles. The van der Waals surface area contributed by atoms with E-state index in [-0.39, 0.29) is 11.9 Å². The van der Waals surface area contributed by atoms with Gasteiger partial charge in [0.1, 0.15) is 5.00 Å². The van der Waals surface area contributed by atoms with Crippen LogP contribution >= 0.6 is 23.1 Å². The van der Waals surface area contributed by atoms with E-state index in [9.17, 15) is 9.59 Å². The average molecular weight is 433 g/mol. The highest BCUT2D eigenvalue weighted by Gasteiger charge is 2.29. The smallest absolute Gasteiger partial charge is 0.341 e. The largest absolute Gasteiger partial charge is 0.465 e. The molecule has 0 radical (unpaired) electrons. The Hall–Kier alpha value is -1.83. The highest BCUT2D eigenvalue weighted by atomic mass is 32.2. The zero-order chi connectivity index (χ0) is 20.8. The number of fused-ring (bicyclic) bond motifs is 1. The van der Waals surface area contributed by atoms with Crippen LogP contribution in [0, 0.1) is 6.92 Å². The first-order valence-corrected chi connectivity index (χ1v) is 11.8. The predicted octanol–water partition coefficient (Wildman–Crippen LogP) is 4.73. The van der Waals surface area contributed by atoms with Crippen LogP contribution in [0.1, 0.15) is 46.1 Å². The molecule has 1 aliphatic rings. The summed E-state index contributed by atoms with van der Waals surface area (Å²) < 4.78 is 5.00. The van der Waals surface area contributed by atoms with E-state index in [1.54, 1.807) is 11.8 Å². The third kappa shape index (κ3) is 5.62. The summed E-state index contributed by atoms with van der Waals surface area (Å²) in [6, 6.07) is 8.29. The maximum atomic E-state index is 12.5. The number of aryl methyl sites for hydroxylation is 1. The van der Waals surface area contributed by atoms with Crippen molar-refractivity contribution < 1.29 is 14.3 Å². The normalized spacial score (nSPS) is 13.8. The highest BCUT2D eigenvalue weighted by Crippen LogP contribution is 2.37. The van der Waals surface area contributed by atoms with Crippen LogP contribution in [0.25, 0.3) is 0 Å². The molecule has 5 nitrogen and oxygen atoms in total. The number of nitrogens with one attached hydrogen (secondary N) is 1. The van der Waals surface area contributed by atoms with Crippen LogP contribution in [0.5, 0.6) is 0 Å². The van der Waals surface area contributed by atoms with Crippen LogP contribution in [0.2, 0.25) is 0 Å². The number of amides is 1. The Labute approximate surface area is 180 Å². The minimum absolute atomic E-state index is 0.0706. The van der Waals surface area contributed by atoms with Crippen molar-refractivity contribution in [2.75, 3.05) is 31.3 Å². The van der Waals surface area contributed by atoms with Gasteiger partial charge in [0.15, 0.2) is 0 Å². The van der Waals surface area contributed by atoms with E-state index in [0.29, 0.717) is 22.7 Å². The molecular formula is C22H28N2O3S2. The summed E-state index contributed by atoms with van der Waals surface area (Å²) in [5.74, 6) is 0.257. The summed E-state index contributed by atoms with van der Waals surface area (Å²) >= 11 is 3.17. The van der Waals surface area contributed by atoms with Crippen LogP contribution in [-0.4, -0.2) is 42.7 Å². The Morgan fingerprint density at radius 3 is 2.72 bits per heavy atom. The number of hydrogen-bond acceptors (Lipinski definition) is 6. The average Bonchev–Trinajstić information content (AvgIpc) is 3.06. The van der Waals surface area contributed by atoms with Gasteiger partial charge in [-0.05, 0) is 44.0 Å². The van der Waals surface area contributed by atoms with Crippen molar-refractivity contribution in [1.82, 2.24) is 4.90 Å². The third-order valence-electron chi connectivity index (χ3n) is 4.94. The van der Waals surface area contributed by atoms with Gasteiger partial charge in [0.2, 0.25) is 5.91 Å². The third-order valence-corrected chi connectivity index (χ3v) is 7.08. The molecule has 2 aromatic rings. The minimum atomic E-state index is -0.365. The Morgan fingerprint density at radius 1 is 1.28 bits per heavy atom. The predicted molar refractivity (Wildman–Crippen MR) is 120 cm³/mol. The van der Waals surface area contributed by atoms with Gasteiger partial charge in [0.25, 0.3) is 0 Å². The quantitative estimate of drug-likeness (QED) is 0.483. The van der Waals surface area contributed by atoms with Gasteiger partial charge in [-0.3, -0.25) is 9.69 Å². The van der Waals surface area contributed by atoms with E-state index in [1.165, 1.54) is 24.0 Å². The number of ether oxygens (including phenoxy) is 1. The van der Waals surface area contributed by atoms with Crippen LogP contribution in [0.4, 0.5) is 5.00 Å². The van der Waals surface area contributed by atoms with Crippen molar-refractivity contribution in [2.45, 2.75) is 44.6 Å². The minimum Gasteiger partial charge on any atom is -0.465 e. The molecule has 0 fully saturated rings. The second-order valence-electron chi connectivity index (χ2n) is 7.19. The second-order valence-corrected chi connectivity index (χ2v) is 9.46. The fraction of sp³-hybridized carbons (Fsp3) is 0.455. The molecule has 29 heavy (non-hydrogen) atoms. The van der Waals surface area contributed by atoms with Gasteiger partial charge in [-0.2, -0.15) is 0 Å². The molecule has 156 valence electrons. The van der Waals surface area contributed by atoms with Crippen LogP contribution in [0.3, 0.4) is 0 Å². The number of carbonyl (C=O) groups excluding carboxylic acids is 2. The first kappa shape index (κ1) is 21.9. The van der Waals surface area contributed by atoms with Crippen molar-refractivity contribution in [2.24, 2.45) is 0 Å². The Balaban J connectivity index is 1.65. The number of thioether (sulfide) groups is 1. The van der Waals surface area contributed by atoms with Crippen molar-refractivity contribution in [3.8, 4) is 0 Å². The van der Waals surface area contributed by atoms with Gasteiger partial charge in [-0.15, -0.1) is 23.1 Å². The van der Waals surface area contributed by atoms with Crippen molar-refractivity contribution >= 4 is 40.0 Å². The molecule has 1 amide bonds. The van der Waals surface area contributed by atoms with Gasteiger partial charge in [0, 0.05) is 35.0 Å². The molecule has 0 bridgehead atoms. The summed E-state index contributed by atoms with van der Waals surface area (Å²) in [4.78, 5) is 29.6. The summed E-state index contributed by atoms with van der Waals surface area (Å²) in [6.07, 6.45) is 2.31. The van der Waals surface area contributed by atoms with E-state index in [4.69, 9.17) is 4.74 Å². The molecule has 0 aliphatic carbocycles. The number of carbonyl (C=O) groups is 2. The number of benzene rings is 1. The standard InChI is InChI=1S/C22H28N2O3S2/c1-4-11-24-12-9-17-18(14-24)29-21(20(17)22(26)27-3)23-19(25)10-13-28-16-7-5-15(2)6-8-16/h5-8H,4,9-14H2,1-3H3,(H,23,25). The molecule has 3 rings (SSSR count). The molecule has 0 saturated heterocycles. The molecule has 1 aliphatic heterocycles. The number of thiophene rings is 1. The monoisotopic (exact) mass is 432 g/mol. The van der Waals surface area contributed by atoms with Crippen LogP contribution in [-0.2, 0) is 22.5 Å². The Bertz CT molecular complexity index is 862. The van der Waals surface area contributed by atoms with Gasteiger partial charge in [0.05, 0.1) is 12.7 Å². The Kier molecular flexibility index (Phi) is 7.75. The molecule has 1 aromatic heterocycles. The number of methoxy groups -OCH3 is 1. The van der Waals surface area contributed by atoms with E-state index in [0.717, 1.165) is 47.8 Å². The van der Waals surface area contributed by atoms with Gasteiger partial charge >= 0.3 is 5.97 Å². The van der Waals surface area contributed by atoms with E-state index < -0.39 is 0 Å². The van der Waals surface area contributed by atoms with E-state index in [2.05, 4.69) is 48.3 Å². The summed E-state index contributed by atoms with van der Waals surface area (Å²) in [5.41, 5.74) is 2.81. The summed E-state index contributed by atoms with van der Waals surface area (Å²) in [5, 5.41) is 3.60. The lowest BCUT2D eigenvalue weighted by atomic mass is 10.0. The van der Waals surface area contributed by atoms with Crippen molar-refractivity contribution in [3.05, 3.63) is 45.8 Å². The number of nitrogens with zero attached hydrogens (tertiary/aromatic N) is 1. The molecule has 7 heteroatoms. The zero-order valence-corrected chi connectivity index (χ0v) is 18.9. The maximum Gasteiger partial charge on any atom is 0.341 e. The van der Waals surface area contributed by atoms with Gasteiger partial charge < -0.3 is 10.1 Å². The molecule has 1 aromatic carbocycles. The van der Waals surface area contributed by atoms with Crippen LogP contribution in [0.15, 0.2) is 29.2 Å². The lowest BCUT2D eigenvalue weighted by molar-refractivity contribution is -0.115. The SMILES string of the molecule is CCCN1CCc2c(sc(NC(=O)CCSc3ccc(C)cc3)c2C(=O)OC)C1.